The molecule has 1 aromatic heterocycles. The smallest absolute Gasteiger partial charge is 0.105 e. The van der Waals surface area contributed by atoms with Gasteiger partial charge in [-0.05, 0) is 42.5 Å². The first-order valence-corrected chi connectivity index (χ1v) is 7.38. The van der Waals surface area contributed by atoms with Gasteiger partial charge in [0.15, 0.2) is 0 Å². The van der Waals surface area contributed by atoms with Gasteiger partial charge in [-0.15, -0.1) is 0 Å². The molecule has 1 atom stereocenters. The molecule has 0 bridgehead atoms. The van der Waals surface area contributed by atoms with Gasteiger partial charge in [0.1, 0.15) is 5.76 Å². The van der Waals surface area contributed by atoms with Crippen LogP contribution in [0.3, 0.4) is 0 Å². The molecule has 0 fully saturated rings. The van der Waals surface area contributed by atoms with Gasteiger partial charge in [0.25, 0.3) is 0 Å². The van der Waals surface area contributed by atoms with E-state index < -0.39 is 0 Å². The topological polar surface area (TPSA) is 13.1 Å². The molecule has 0 radical (unpaired) electrons. The van der Waals surface area contributed by atoms with E-state index in [4.69, 9.17) is 4.42 Å². The third-order valence-corrected chi connectivity index (χ3v) is 4.43. The number of benzene rings is 1. The van der Waals surface area contributed by atoms with Crippen LogP contribution in [0.4, 0.5) is 0 Å². The number of alkyl halides is 1. The maximum atomic E-state index is 5.41. The fourth-order valence-corrected chi connectivity index (χ4v) is 3.15. The molecule has 0 aliphatic heterocycles. The molecule has 0 aliphatic carbocycles. The monoisotopic (exact) mass is 306 g/mol. The fourth-order valence-electron chi connectivity index (χ4n) is 2.25. The normalized spacial score (nSPS) is 12.7. The summed E-state index contributed by atoms with van der Waals surface area (Å²) in [5.41, 5.74) is 5.36. The Balaban J connectivity index is 2.45. The SMILES string of the molecule is CCc1ccc(CC)c(C(Br)c2ccoc2C)c1. The van der Waals surface area contributed by atoms with Crippen molar-refractivity contribution in [2.45, 2.75) is 38.4 Å². The lowest BCUT2D eigenvalue weighted by Gasteiger charge is -2.15. The van der Waals surface area contributed by atoms with E-state index in [9.17, 15) is 0 Å². The number of hydrogen-bond donors (Lipinski definition) is 0. The highest BCUT2D eigenvalue weighted by Gasteiger charge is 2.17. The van der Waals surface area contributed by atoms with Gasteiger partial charge in [0.2, 0.25) is 0 Å². The largest absolute Gasteiger partial charge is 0.469 e. The number of halogens is 1. The summed E-state index contributed by atoms with van der Waals surface area (Å²) in [5, 5.41) is 0. The maximum Gasteiger partial charge on any atom is 0.105 e. The van der Waals surface area contributed by atoms with Gasteiger partial charge in [-0.3, -0.25) is 0 Å². The molecule has 1 aromatic carbocycles. The molecule has 2 aromatic rings. The fraction of sp³-hybridized carbons (Fsp3) is 0.375. The summed E-state index contributed by atoms with van der Waals surface area (Å²) in [4.78, 5) is 0.220. The van der Waals surface area contributed by atoms with Crippen LogP contribution in [0.5, 0.6) is 0 Å². The molecule has 2 heteroatoms. The summed E-state index contributed by atoms with van der Waals surface area (Å²) in [6.45, 7) is 6.41. The van der Waals surface area contributed by atoms with Crippen LogP contribution in [0.1, 0.15) is 46.7 Å². The highest BCUT2D eigenvalue weighted by molar-refractivity contribution is 9.09. The van der Waals surface area contributed by atoms with Crippen LogP contribution < -0.4 is 0 Å². The van der Waals surface area contributed by atoms with E-state index >= 15 is 0 Å². The zero-order chi connectivity index (χ0) is 13.1. The van der Waals surface area contributed by atoms with E-state index in [1.54, 1.807) is 6.26 Å². The molecule has 96 valence electrons. The lowest BCUT2D eigenvalue weighted by atomic mass is 9.95. The molecule has 1 unspecified atom stereocenters. The molecule has 1 heterocycles. The minimum absolute atomic E-state index is 0.220. The first-order valence-electron chi connectivity index (χ1n) is 6.47. The Hall–Kier alpha value is -1.02. The van der Waals surface area contributed by atoms with E-state index in [2.05, 4.69) is 48.0 Å². The molecular weight excluding hydrogens is 288 g/mol. The Morgan fingerprint density at radius 1 is 1.11 bits per heavy atom. The molecule has 0 saturated carbocycles. The molecule has 0 saturated heterocycles. The van der Waals surface area contributed by atoms with Crippen molar-refractivity contribution in [2.24, 2.45) is 0 Å². The first-order chi connectivity index (χ1) is 8.67. The van der Waals surface area contributed by atoms with Crippen LogP contribution in [0.2, 0.25) is 0 Å². The molecule has 1 nitrogen and oxygen atoms in total. The van der Waals surface area contributed by atoms with Crippen molar-refractivity contribution in [2.75, 3.05) is 0 Å². The van der Waals surface area contributed by atoms with Crippen molar-refractivity contribution in [3.05, 3.63) is 58.5 Å². The number of rotatable bonds is 4. The summed E-state index contributed by atoms with van der Waals surface area (Å²) in [5.74, 6) is 0.987. The lowest BCUT2D eigenvalue weighted by Crippen LogP contribution is -2.00. The summed E-state index contributed by atoms with van der Waals surface area (Å²) in [6.07, 6.45) is 3.88. The first kappa shape index (κ1) is 13.4. The van der Waals surface area contributed by atoms with Crippen molar-refractivity contribution in [3.63, 3.8) is 0 Å². The molecule has 18 heavy (non-hydrogen) atoms. The third-order valence-electron chi connectivity index (χ3n) is 3.44. The minimum atomic E-state index is 0.220. The van der Waals surface area contributed by atoms with Crippen molar-refractivity contribution < 1.29 is 4.42 Å². The second kappa shape index (κ2) is 5.75. The quantitative estimate of drug-likeness (QED) is 0.708. The molecule has 0 spiro atoms. The van der Waals surface area contributed by atoms with Crippen LogP contribution in [0.15, 0.2) is 34.9 Å². The predicted octanol–water partition coefficient (Wildman–Crippen LogP) is 5.20. The van der Waals surface area contributed by atoms with Gasteiger partial charge in [-0.25, -0.2) is 0 Å². The van der Waals surface area contributed by atoms with Gasteiger partial charge in [0.05, 0.1) is 11.1 Å². The van der Waals surface area contributed by atoms with Crippen LogP contribution in [-0.4, -0.2) is 0 Å². The van der Waals surface area contributed by atoms with Crippen molar-refractivity contribution in [1.29, 1.82) is 0 Å². The van der Waals surface area contributed by atoms with E-state index in [1.165, 1.54) is 22.3 Å². The van der Waals surface area contributed by atoms with Crippen LogP contribution in [0, 0.1) is 6.92 Å². The van der Waals surface area contributed by atoms with Gasteiger partial charge < -0.3 is 4.42 Å². The zero-order valence-electron chi connectivity index (χ0n) is 11.2. The minimum Gasteiger partial charge on any atom is -0.469 e. The number of aryl methyl sites for hydroxylation is 3. The van der Waals surface area contributed by atoms with E-state index in [0.29, 0.717) is 0 Å². The van der Waals surface area contributed by atoms with Crippen LogP contribution in [-0.2, 0) is 12.8 Å². The molecule has 2 rings (SSSR count). The van der Waals surface area contributed by atoms with Crippen LogP contribution >= 0.6 is 15.9 Å². The second-order valence-electron chi connectivity index (χ2n) is 4.53. The van der Waals surface area contributed by atoms with Crippen molar-refractivity contribution in [3.8, 4) is 0 Å². The standard InChI is InChI=1S/C16H19BrO/c1-4-12-6-7-13(5-2)15(10-12)16(17)14-8-9-18-11(14)3/h6-10,16H,4-5H2,1-3H3. The number of furan rings is 1. The molecule has 0 amide bonds. The second-order valence-corrected chi connectivity index (χ2v) is 5.45. The van der Waals surface area contributed by atoms with E-state index in [1.807, 2.05) is 13.0 Å². The Labute approximate surface area is 117 Å². The maximum absolute atomic E-state index is 5.41. The van der Waals surface area contributed by atoms with Crippen molar-refractivity contribution in [1.82, 2.24) is 0 Å². The summed E-state index contributed by atoms with van der Waals surface area (Å²) >= 11 is 3.82. The highest BCUT2D eigenvalue weighted by Crippen LogP contribution is 2.36. The van der Waals surface area contributed by atoms with Gasteiger partial charge >= 0.3 is 0 Å². The average molecular weight is 307 g/mol. The summed E-state index contributed by atoms with van der Waals surface area (Å²) < 4.78 is 5.41. The Morgan fingerprint density at radius 3 is 2.44 bits per heavy atom. The molecular formula is C16H19BrO. The van der Waals surface area contributed by atoms with E-state index in [-0.39, 0.29) is 4.83 Å². The summed E-state index contributed by atoms with van der Waals surface area (Å²) in [7, 11) is 0. The van der Waals surface area contributed by atoms with Crippen molar-refractivity contribution >= 4 is 15.9 Å². The third kappa shape index (κ3) is 2.54. The predicted molar refractivity (Wildman–Crippen MR) is 79.4 cm³/mol. The Bertz CT molecular complexity index is 528. The lowest BCUT2D eigenvalue weighted by molar-refractivity contribution is 0.530. The van der Waals surface area contributed by atoms with Crippen LogP contribution in [0.25, 0.3) is 0 Å². The average Bonchev–Trinajstić information content (AvgIpc) is 2.83. The zero-order valence-corrected chi connectivity index (χ0v) is 12.8. The summed E-state index contributed by atoms with van der Waals surface area (Å²) in [6, 6.07) is 8.83. The Kier molecular flexibility index (Phi) is 4.28. The molecule has 0 aliphatic rings. The Morgan fingerprint density at radius 2 is 1.89 bits per heavy atom. The molecule has 0 N–H and O–H groups in total. The van der Waals surface area contributed by atoms with Gasteiger partial charge in [-0.2, -0.15) is 0 Å². The highest BCUT2D eigenvalue weighted by atomic mass is 79.9. The van der Waals surface area contributed by atoms with Gasteiger partial charge in [0, 0.05) is 5.56 Å². The number of hydrogen-bond acceptors (Lipinski definition) is 1. The van der Waals surface area contributed by atoms with Gasteiger partial charge in [-0.1, -0.05) is 48.0 Å². The van der Waals surface area contributed by atoms with E-state index in [0.717, 1.165) is 18.6 Å².